The molecule has 18 heavy (non-hydrogen) atoms. The fraction of sp³-hybridized carbons (Fsp3) is 0. The number of nitrogens with two attached hydrogens (primary N) is 1. The van der Waals surface area contributed by atoms with E-state index in [-0.39, 0.29) is 15.8 Å². The number of hydrogen-bond acceptors (Lipinski definition) is 4. The van der Waals surface area contributed by atoms with E-state index >= 15 is 0 Å². The third kappa shape index (κ3) is 2.91. The molecule has 2 aromatic rings. The average Bonchev–Trinajstić information content (AvgIpc) is 2.34. The number of phenols is 1. The average molecular weight is 282 g/mol. The highest BCUT2D eigenvalue weighted by Gasteiger charge is 2.05. The minimum atomic E-state index is -0.0897. The predicted octanol–water partition coefficient (Wildman–Crippen LogP) is 4.70. The number of hydrogen-bond donors (Lipinski definition) is 2. The van der Waals surface area contributed by atoms with Crippen LogP contribution in [0, 0.1) is 0 Å². The van der Waals surface area contributed by atoms with Crippen LogP contribution in [-0.2, 0) is 0 Å². The minimum absolute atomic E-state index is 0.0897. The third-order valence-corrected chi connectivity index (χ3v) is 2.79. The van der Waals surface area contributed by atoms with E-state index in [1.165, 1.54) is 12.1 Å². The van der Waals surface area contributed by atoms with Crippen LogP contribution >= 0.6 is 23.2 Å². The van der Waals surface area contributed by atoms with Crippen molar-refractivity contribution in [1.82, 2.24) is 0 Å². The summed E-state index contributed by atoms with van der Waals surface area (Å²) in [6, 6.07) is 9.67. The number of anilines is 1. The van der Waals surface area contributed by atoms with Gasteiger partial charge >= 0.3 is 0 Å². The lowest BCUT2D eigenvalue weighted by molar-refractivity contribution is 0.475. The van der Waals surface area contributed by atoms with Gasteiger partial charge in [0.1, 0.15) is 11.4 Å². The lowest BCUT2D eigenvalue weighted by atomic mass is 10.3. The van der Waals surface area contributed by atoms with E-state index in [4.69, 9.17) is 28.9 Å². The van der Waals surface area contributed by atoms with Crippen LogP contribution < -0.4 is 5.73 Å². The molecule has 0 aliphatic heterocycles. The number of aromatic hydroxyl groups is 1. The van der Waals surface area contributed by atoms with Crippen molar-refractivity contribution in [2.24, 2.45) is 10.2 Å². The quantitative estimate of drug-likeness (QED) is 0.619. The standard InChI is InChI=1S/C12H9Cl2N3O/c13-9-6-12(18)10(14)5-11(9)17-16-8-3-1-7(15)2-4-8/h1-6,18H,15H2/b17-16+. The molecule has 0 atom stereocenters. The third-order valence-electron chi connectivity index (χ3n) is 2.18. The molecular formula is C12H9Cl2N3O. The second-order valence-corrected chi connectivity index (χ2v) is 4.36. The van der Waals surface area contributed by atoms with Crippen molar-refractivity contribution in [3.63, 3.8) is 0 Å². The minimum Gasteiger partial charge on any atom is -0.506 e. The van der Waals surface area contributed by atoms with Crippen molar-refractivity contribution in [2.75, 3.05) is 5.73 Å². The SMILES string of the molecule is Nc1ccc(/N=N/c2cc(Cl)c(O)cc2Cl)cc1. The first-order valence-corrected chi connectivity index (χ1v) is 5.77. The molecule has 2 aromatic carbocycles. The molecule has 0 aliphatic carbocycles. The molecule has 2 rings (SSSR count). The van der Waals surface area contributed by atoms with Crippen LogP contribution in [0.1, 0.15) is 0 Å². The van der Waals surface area contributed by atoms with Crippen molar-refractivity contribution in [3.8, 4) is 5.75 Å². The first kappa shape index (κ1) is 12.7. The molecule has 4 nitrogen and oxygen atoms in total. The molecule has 0 aromatic heterocycles. The summed E-state index contributed by atoms with van der Waals surface area (Å²) in [4.78, 5) is 0. The number of azo groups is 1. The fourth-order valence-corrected chi connectivity index (χ4v) is 1.61. The molecule has 0 amide bonds. The van der Waals surface area contributed by atoms with Gasteiger partial charge in [-0.25, -0.2) is 0 Å². The van der Waals surface area contributed by atoms with Crippen LogP contribution in [0.4, 0.5) is 17.1 Å². The molecular weight excluding hydrogens is 273 g/mol. The summed E-state index contributed by atoms with van der Waals surface area (Å²) in [7, 11) is 0. The van der Waals surface area contributed by atoms with Crippen molar-refractivity contribution < 1.29 is 5.11 Å². The Hall–Kier alpha value is -1.78. The summed E-state index contributed by atoms with van der Waals surface area (Å²) >= 11 is 11.7. The van der Waals surface area contributed by atoms with E-state index in [1.807, 2.05) is 0 Å². The van der Waals surface area contributed by atoms with E-state index in [0.717, 1.165) is 0 Å². The fourth-order valence-electron chi connectivity index (χ4n) is 1.26. The number of phenolic OH excluding ortho intramolecular Hbond substituents is 1. The Labute approximate surface area is 114 Å². The van der Waals surface area contributed by atoms with Crippen LogP contribution in [0.3, 0.4) is 0 Å². The number of halogens is 2. The Balaban J connectivity index is 2.28. The molecule has 0 spiro atoms. The molecule has 0 fully saturated rings. The van der Waals surface area contributed by atoms with E-state index in [2.05, 4.69) is 10.2 Å². The lowest BCUT2D eigenvalue weighted by Gasteiger charge is -2.00. The monoisotopic (exact) mass is 281 g/mol. The van der Waals surface area contributed by atoms with Crippen molar-refractivity contribution >= 4 is 40.3 Å². The van der Waals surface area contributed by atoms with Crippen molar-refractivity contribution in [2.45, 2.75) is 0 Å². The molecule has 3 N–H and O–H groups in total. The highest BCUT2D eigenvalue weighted by molar-refractivity contribution is 6.36. The number of benzene rings is 2. The van der Waals surface area contributed by atoms with Gasteiger partial charge in [-0.05, 0) is 30.3 Å². The molecule has 0 radical (unpaired) electrons. The van der Waals surface area contributed by atoms with E-state index in [1.54, 1.807) is 24.3 Å². The highest BCUT2D eigenvalue weighted by atomic mass is 35.5. The Morgan fingerprint density at radius 3 is 2.28 bits per heavy atom. The molecule has 0 unspecified atom stereocenters. The van der Waals surface area contributed by atoms with Crippen LogP contribution in [0.15, 0.2) is 46.6 Å². The van der Waals surface area contributed by atoms with E-state index in [9.17, 15) is 5.11 Å². The van der Waals surface area contributed by atoms with Gasteiger partial charge in [-0.15, -0.1) is 5.11 Å². The van der Waals surface area contributed by atoms with Crippen LogP contribution in [0.5, 0.6) is 5.75 Å². The molecule has 0 saturated heterocycles. The summed E-state index contributed by atoms with van der Waals surface area (Å²) in [5, 5.41) is 17.7. The van der Waals surface area contributed by atoms with Crippen LogP contribution in [0.2, 0.25) is 10.0 Å². The summed E-state index contributed by atoms with van der Waals surface area (Å²) in [5.74, 6) is -0.0897. The molecule has 6 heteroatoms. The van der Waals surface area contributed by atoms with Gasteiger partial charge in [-0.3, -0.25) is 0 Å². The van der Waals surface area contributed by atoms with Crippen molar-refractivity contribution in [3.05, 3.63) is 46.4 Å². The molecule has 0 saturated carbocycles. The second-order valence-electron chi connectivity index (χ2n) is 3.55. The van der Waals surface area contributed by atoms with Gasteiger partial charge in [0.2, 0.25) is 0 Å². The lowest BCUT2D eigenvalue weighted by Crippen LogP contribution is -1.80. The maximum Gasteiger partial charge on any atom is 0.135 e. The van der Waals surface area contributed by atoms with Gasteiger partial charge in [-0.2, -0.15) is 5.11 Å². The van der Waals surface area contributed by atoms with E-state index in [0.29, 0.717) is 17.1 Å². The maximum atomic E-state index is 9.34. The first-order chi connectivity index (χ1) is 8.56. The van der Waals surface area contributed by atoms with Crippen LogP contribution in [0.25, 0.3) is 0 Å². The van der Waals surface area contributed by atoms with Gasteiger partial charge in [0.05, 0.1) is 15.7 Å². The van der Waals surface area contributed by atoms with Gasteiger partial charge in [0.15, 0.2) is 0 Å². The largest absolute Gasteiger partial charge is 0.506 e. The Bertz CT molecular complexity index is 597. The predicted molar refractivity (Wildman–Crippen MR) is 73.2 cm³/mol. The second kappa shape index (κ2) is 5.25. The topological polar surface area (TPSA) is 71.0 Å². The summed E-state index contributed by atoms with van der Waals surface area (Å²) in [6.07, 6.45) is 0. The number of nitrogen functional groups attached to an aromatic ring is 1. The highest BCUT2D eigenvalue weighted by Crippen LogP contribution is 2.35. The normalized spacial score (nSPS) is 11.0. The van der Waals surface area contributed by atoms with Crippen LogP contribution in [-0.4, -0.2) is 5.11 Å². The maximum absolute atomic E-state index is 9.34. The zero-order valence-corrected chi connectivity index (χ0v) is 10.7. The van der Waals surface area contributed by atoms with Gasteiger partial charge in [-0.1, -0.05) is 23.2 Å². The van der Waals surface area contributed by atoms with Crippen molar-refractivity contribution in [1.29, 1.82) is 0 Å². The molecule has 0 bridgehead atoms. The summed E-state index contributed by atoms with van der Waals surface area (Å²) in [6.45, 7) is 0. The smallest absolute Gasteiger partial charge is 0.135 e. The Kier molecular flexibility index (Phi) is 3.69. The van der Waals surface area contributed by atoms with Gasteiger partial charge in [0, 0.05) is 11.8 Å². The summed E-state index contributed by atoms with van der Waals surface area (Å²) in [5.41, 5.74) is 7.24. The first-order valence-electron chi connectivity index (χ1n) is 5.01. The van der Waals surface area contributed by atoms with E-state index < -0.39 is 0 Å². The number of rotatable bonds is 2. The molecule has 92 valence electrons. The molecule has 0 aliphatic rings. The zero-order valence-electron chi connectivity index (χ0n) is 9.14. The molecule has 0 heterocycles. The zero-order chi connectivity index (χ0) is 13.1. The summed E-state index contributed by atoms with van der Waals surface area (Å²) < 4.78 is 0. The Morgan fingerprint density at radius 2 is 1.61 bits per heavy atom. The number of nitrogens with zero attached hydrogens (tertiary/aromatic N) is 2. The van der Waals surface area contributed by atoms with Gasteiger partial charge in [0.25, 0.3) is 0 Å². The Morgan fingerprint density at radius 1 is 0.944 bits per heavy atom. The van der Waals surface area contributed by atoms with Gasteiger partial charge < -0.3 is 10.8 Å².